The van der Waals surface area contributed by atoms with E-state index in [1.165, 1.54) is 38.3 Å². The summed E-state index contributed by atoms with van der Waals surface area (Å²) < 4.78 is 45.7. The third kappa shape index (κ3) is 7.87. The summed E-state index contributed by atoms with van der Waals surface area (Å²) in [6, 6.07) is 7.95. The molecule has 0 aromatic heterocycles. The van der Waals surface area contributed by atoms with Gasteiger partial charge in [0.1, 0.15) is 29.8 Å². The van der Waals surface area contributed by atoms with Crippen molar-refractivity contribution in [1.82, 2.24) is 10.2 Å². The van der Waals surface area contributed by atoms with Crippen molar-refractivity contribution in [2.75, 3.05) is 30.8 Å². The largest absolute Gasteiger partial charge is 0.495 e. The number of nitro groups is 1. The maximum atomic E-state index is 14.4. The number of carbonyl (C=O) groups is 2. The molecule has 0 saturated carbocycles. The Labute approximate surface area is 215 Å². The summed E-state index contributed by atoms with van der Waals surface area (Å²) in [6.07, 6.45) is 0.832. The van der Waals surface area contributed by atoms with E-state index in [1.807, 2.05) is 13.8 Å². The van der Waals surface area contributed by atoms with Gasteiger partial charge in [0.2, 0.25) is 21.8 Å². The van der Waals surface area contributed by atoms with Gasteiger partial charge in [0, 0.05) is 30.8 Å². The van der Waals surface area contributed by atoms with Crippen LogP contribution < -0.4 is 14.4 Å². The Balaban J connectivity index is 2.51. The third-order valence-electron chi connectivity index (χ3n) is 5.47. The van der Waals surface area contributed by atoms with Crippen LogP contribution in [0.4, 0.5) is 15.8 Å². The normalized spacial score (nSPS) is 12.1. The van der Waals surface area contributed by atoms with Gasteiger partial charge in [0.25, 0.3) is 5.69 Å². The maximum absolute atomic E-state index is 14.4. The number of nitrogens with one attached hydrogen (secondary N) is 1. The standard InChI is InChI=1S/C24H31FN4O7S/c1-16(2)13-26-24(31)17(3)27(14-18-8-6-7-9-20(18)25)23(30)15-28(37(5,34)35)21-12-19(29(32)33)10-11-22(21)36-4/h6-12,16-17H,13-15H2,1-5H3,(H,26,31)/t17-/m0/s1. The molecule has 0 saturated heterocycles. The number of rotatable bonds is 12. The van der Waals surface area contributed by atoms with E-state index < -0.39 is 50.9 Å². The summed E-state index contributed by atoms with van der Waals surface area (Å²) in [5, 5.41) is 14.0. The van der Waals surface area contributed by atoms with Crippen LogP contribution in [0.1, 0.15) is 26.3 Å². The second-order valence-corrected chi connectivity index (χ2v) is 10.7. The van der Waals surface area contributed by atoms with Gasteiger partial charge in [-0.2, -0.15) is 0 Å². The van der Waals surface area contributed by atoms with Crippen LogP contribution in [0.5, 0.6) is 5.75 Å². The average molecular weight is 539 g/mol. The Bertz CT molecular complexity index is 1250. The van der Waals surface area contributed by atoms with Crippen LogP contribution in [0, 0.1) is 21.8 Å². The fourth-order valence-electron chi connectivity index (χ4n) is 3.43. The highest BCUT2D eigenvalue weighted by atomic mass is 32.2. The summed E-state index contributed by atoms with van der Waals surface area (Å²) >= 11 is 0. The number of hydrogen-bond acceptors (Lipinski definition) is 7. The quantitative estimate of drug-likeness (QED) is 0.324. The molecule has 0 unspecified atom stereocenters. The third-order valence-corrected chi connectivity index (χ3v) is 6.60. The molecule has 0 spiro atoms. The Hall–Kier alpha value is -3.74. The molecule has 0 aliphatic heterocycles. The Morgan fingerprint density at radius 1 is 1.16 bits per heavy atom. The van der Waals surface area contributed by atoms with Crippen molar-refractivity contribution < 1.29 is 32.1 Å². The molecule has 0 aliphatic rings. The number of benzene rings is 2. The first-order chi connectivity index (χ1) is 17.3. The summed E-state index contributed by atoms with van der Waals surface area (Å²) in [4.78, 5) is 38.0. The molecule has 37 heavy (non-hydrogen) atoms. The number of non-ortho nitro benzene ring substituents is 1. The number of methoxy groups -OCH3 is 1. The lowest BCUT2D eigenvalue weighted by Gasteiger charge is -2.32. The van der Waals surface area contributed by atoms with Gasteiger partial charge in [-0.15, -0.1) is 0 Å². The molecule has 1 N–H and O–H groups in total. The van der Waals surface area contributed by atoms with Gasteiger partial charge in [-0.3, -0.25) is 24.0 Å². The minimum absolute atomic E-state index is 0.0211. The van der Waals surface area contributed by atoms with Crippen LogP contribution in [0.2, 0.25) is 0 Å². The van der Waals surface area contributed by atoms with Crippen molar-refractivity contribution >= 4 is 33.2 Å². The lowest BCUT2D eigenvalue weighted by atomic mass is 10.1. The number of nitrogens with zero attached hydrogens (tertiary/aromatic N) is 3. The molecule has 2 aromatic carbocycles. The molecule has 0 bridgehead atoms. The second kappa shape index (κ2) is 12.5. The van der Waals surface area contributed by atoms with Crippen LogP contribution in [0.15, 0.2) is 42.5 Å². The zero-order valence-corrected chi connectivity index (χ0v) is 22.1. The van der Waals surface area contributed by atoms with Crippen LogP contribution >= 0.6 is 0 Å². The fraction of sp³-hybridized carbons (Fsp3) is 0.417. The molecule has 0 heterocycles. The number of hydrogen-bond donors (Lipinski definition) is 1. The van der Waals surface area contributed by atoms with Gasteiger partial charge in [0.05, 0.1) is 18.3 Å². The van der Waals surface area contributed by atoms with Crippen molar-refractivity contribution in [2.45, 2.75) is 33.4 Å². The van der Waals surface area contributed by atoms with E-state index in [1.54, 1.807) is 6.07 Å². The molecule has 2 aromatic rings. The van der Waals surface area contributed by atoms with Crippen molar-refractivity contribution in [2.24, 2.45) is 5.92 Å². The minimum atomic E-state index is -4.16. The van der Waals surface area contributed by atoms with E-state index in [0.29, 0.717) is 10.8 Å². The average Bonchev–Trinajstić information content (AvgIpc) is 2.83. The summed E-state index contributed by atoms with van der Waals surface area (Å²) in [7, 11) is -2.91. The molecule has 13 heteroatoms. The zero-order valence-electron chi connectivity index (χ0n) is 21.3. The van der Waals surface area contributed by atoms with Crippen LogP contribution in [-0.2, 0) is 26.2 Å². The predicted octanol–water partition coefficient (Wildman–Crippen LogP) is 2.70. The highest BCUT2D eigenvalue weighted by Crippen LogP contribution is 2.34. The van der Waals surface area contributed by atoms with Gasteiger partial charge >= 0.3 is 0 Å². The topological polar surface area (TPSA) is 139 Å². The molecule has 2 rings (SSSR count). The van der Waals surface area contributed by atoms with E-state index in [9.17, 15) is 32.5 Å². The molecule has 1 atom stereocenters. The van der Waals surface area contributed by atoms with E-state index in [2.05, 4.69) is 5.32 Å². The van der Waals surface area contributed by atoms with Gasteiger partial charge in [0.15, 0.2) is 0 Å². The number of amides is 2. The van der Waals surface area contributed by atoms with Crippen molar-refractivity contribution in [3.63, 3.8) is 0 Å². The molecule has 0 aliphatic carbocycles. The first-order valence-corrected chi connectivity index (χ1v) is 13.2. The fourth-order valence-corrected chi connectivity index (χ4v) is 4.27. The summed E-state index contributed by atoms with van der Waals surface area (Å²) in [5.74, 6) is -1.82. The predicted molar refractivity (Wildman–Crippen MR) is 136 cm³/mol. The molecule has 0 radical (unpaired) electrons. The SMILES string of the molecule is COc1ccc([N+](=O)[O-])cc1N(CC(=O)N(Cc1ccccc1F)[C@@H](C)C(=O)NCC(C)C)S(C)(=O)=O. The minimum Gasteiger partial charge on any atom is -0.495 e. The number of halogens is 1. The molecule has 0 fully saturated rings. The van der Waals surface area contributed by atoms with Crippen molar-refractivity contribution in [1.29, 1.82) is 0 Å². The number of carbonyl (C=O) groups excluding carboxylic acids is 2. The monoisotopic (exact) mass is 538 g/mol. The number of ether oxygens (including phenoxy) is 1. The van der Waals surface area contributed by atoms with Gasteiger partial charge < -0.3 is 15.0 Å². The molecule has 2 amide bonds. The van der Waals surface area contributed by atoms with E-state index in [-0.39, 0.29) is 29.5 Å². The van der Waals surface area contributed by atoms with Crippen molar-refractivity contribution in [3.05, 3.63) is 64.0 Å². The van der Waals surface area contributed by atoms with Crippen LogP contribution in [0.25, 0.3) is 0 Å². The molecule has 11 nitrogen and oxygen atoms in total. The molecule has 202 valence electrons. The van der Waals surface area contributed by atoms with Crippen LogP contribution in [0.3, 0.4) is 0 Å². The highest BCUT2D eigenvalue weighted by Gasteiger charge is 2.32. The van der Waals surface area contributed by atoms with Gasteiger partial charge in [-0.25, -0.2) is 12.8 Å². The zero-order chi connectivity index (χ0) is 27.9. The summed E-state index contributed by atoms with van der Waals surface area (Å²) in [5.41, 5.74) is -0.518. The van der Waals surface area contributed by atoms with Gasteiger partial charge in [-0.1, -0.05) is 32.0 Å². The lowest BCUT2D eigenvalue weighted by Crippen LogP contribution is -2.51. The Morgan fingerprint density at radius 2 is 1.81 bits per heavy atom. The van der Waals surface area contributed by atoms with Crippen molar-refractivity contribution in [3.8, 4) is 5.75 Å². The van der Waals surface area contributed by atoms with E-state index >= 15 is 0 Å². The number of anilines is 1. The first-order valence-electron chi connectivity index (χ1n) is 11.4. The van der Waals surface area contributed by atoms with E-state index in [0.717, 1.165) is 23.3 Å². The lowest BCUT2D eigenvalue weighted by molar-refractivity contribution is -0.384. The number of nitro benzene ring substituents is 1. The Kier molecular flexibility index (Phi) is 9.95. The Morgan fingerprint density at radius 3 is 2.35 bits per heavy atom. The smallest absolute Gasteiger partial charge is 0.271 e. The maximum Gasteiger partial charge on any atom is 0.271 e. The highest BCUT2D eigenvalue weighted by molar-refractivity contribution is 7.92. The van der Waals surface area contributed by atoms with Gasteiger partial charge in [-0.05, 0) is 25.0 Å². The van der Waals surface area contributed by atoms with E-state index in [4.69, 9.17) is 4.74 Å². The first kappa shape index (κ1) is 29.5. The van der Waals surface area contributed by atoms with Crippen LogP contribution in [-0.4, -0.2) is 62.6 Å². The number of sulfonamides is 1. The molecular weight excluding hydrogens is 507 g/mol. The molecular formula is C24H31FN4O7S. The second-order valence-electron chi connectivity index (χ2n) is 8.81. The summed E-state index contributed by atoms with van der Waals surface area (Å²) in [6.45, 7) is 4.45.